The first-order chi connectivity index (χ1) is 11.8. The fourth-order valence-electron chi connectivity index (χ4n) is 2.93. The van der Waals surface area contributed by atoms with Gasteiger partial charge in [0, 0.05) is 12.8 Å². The van der Waals surface area contributed by atoms with Crippen LogP contribution in [0.4, 0.5) is 0 Å². The molecule has 0 aliphatic heterocycles. The Labute approximate surface area is 154 Å². The Hall–Kier alpha value is -1.16. The number of unbranched alkanes of at least 4 members (excludes halogenated alkanes) is 3. The van der Waals surface area contributed by atoms with Gasteiger partial charge in [-0.2, -0.15) is 0 Å². The highest BCUT2D eigenvalue weighted by atomic mass is 32.2. The molecule has 1 aromatic carbocycles. The maximum absolute atomic E-state index is 12.1. The van der Waals surface area contributed by atoms with Gasteiger partial charge in [-0.15, -0.1) is 0 Å². The summed E-state index contributed by atoms with van der Waals surface area (Å²) >= 11 is 0. The molecule has 0 N–H and O–H groups in total. The lowest BCUT2D eigenvalue weighted by Crippen LogP contribution is -2.15. The monoisotopic (exact) mass is 366 g/mol. The Kier molecular flexibility index (Phi) is 10.0. The number of ketones is 1. The van der Waals surface area contributed by atoms with E-state index < -0.39 is 9.84 Å². The lowest BCUT2D eigenvalue weighted by molar-refractivity contribution is -0.118. The van der Waals surface area contributed by atoms with Gasteiger partial charge in [0.1, 0.15) is 5.78 Å². The van der Waals surface area contributed by atoms with E-state index in [2.05, 4.69) is 31.2 Å². The normalized spacial score (nSPS) is 11.8. The molecule has 0 unspecified atom stereocenters. The smallest absolute Gasteiger partial charge is 0.150 e. The van der Waals surface area contributed by atoms with Crippen LogP contribution < -0.4 is 0 Å². The number of rotatable bonds is 13. The van der Waals surface area contributed by atoms with Crippen LogP contribution in [0.2, 0.25) is 0 Å². The molecule has 0 saturated heterocycles. The molecule has 0 aliphatic rings. The van der Waals surface area contributed by atoms with Crippen molar-refractivity contribution in [3.05, 3.63) is 35.4 Å². The van der Waals surface area contributed by atoms with Gasteiger partial charge in [-0.1, -0.05) is 57.9 Å². The van der Waals surface area contributed by atoms with Crippen molar-refractivity contribution in [1.82, 2.24) is 0 Å². The van der Waals surface area contributed by atoms with E-state index in [0.717, 1.165) is 24.8 Å². The second-order valence-electron chi connectivity index (χ2n) is 7.45. The first-order valence-corrected chi connectivity index (χ1v) is 11.4. The predicted molar refractivity (Wildman–Crippen MR) is 106 cm³/mol. The molecule has 0 saturated carbocycles. The molecule has 0 heterocycles. The van der Waals surface area contributed by atoms with Crippen LogP contribution in [0.15, 0.2) is 24.3 Å². The van der Waals surface area contributed by atoms with Crippen LogP contribution in [0.25, 0.3) is 0 Å². The van der Waals surface area contributed by atoms with E-state index >= 15 is 0 Å². The van der Waals surface area contributed by atoms with Crippen LogP contribution in [0, 0.1) is 5.92 Å². The second-order valence-corrected chi connectivity index (χ2v) is 9.68. The van der Waals surface area contributed by atoms with Gasteiger partial charge in [0.05, 0.1) is 11.5 Å². The number of hydrogen-bond donors (Lipinski definition) is 0. The molecule has 1 aromatic rings. The Bertz CT molecular complexity index is 601. The first kappa shape index (κ1) is 21.9. The van der Waals surface area contributed by atoms with Crippen molar-refractivity contribution in [1.29, 1.82) is 0 Å². The first-order valence-electron chi connectivity index (χ1n) is 9.62. The summed E-state index contributed by atoms with van der Waals surface area (Å²) in [7, 11) is -2.93. The molecule has 0 fully saturated rings. The zero-order chi connectivity index (χ0) is 18.7. The Morgan fingerprint density at radius 3 is 2.20 bits per heavy atom. The van der Waals surface area contributed by atoms with Crippen molar-refractivity contribution < 1.29 is 13.2 Å². The largest absolute Gasteiger partial charge is 0.299 e. The van der Waals surface area contributed by atoms with Crippen LogP contribution in [0.3, 0.4) is 0 Å². The van der Waals surface area contributed by atoms with Gasteiger partial charge < -0.3 is 0 Å². The van der Waals surface area contributed by atoms with Crippen LogP contribution >= 0.6 is 0 Å². The highest BCUT2D eigenvalue weighted by Gasteiger charge is 2.12. The Balaban J connectivity index is 2.22. The summed E-state index contributed by atoms with van der Waals surface area (Å²) in [4.78, 5) is 12.1. The molecule has 4 heteroatoms. The average Bonchev–Trinajstić information content (AvgIpc) is 2.52. The second kappa shape index (κ2) is 11.5. The molecule has 0 radical (unpaired) electrons. The molecule has 3 nitrogen and oxygen atoms in total. The molecule has 0 spiro atoms. The molecule has 0 amide bonds. The van der Waals surface area contributed by atoms with E-state index in [-0.39, 0.29) is 23.2 Å². The molecule has 25 heavy (non-hydrogen) atoms. The lowest BCUT2D eigenvalue weighted by atomic mass is 10.0. The number of benzene rings is 1. The number of hydrogen-bond acceptors (Lipinski definition) is 3. The van der Waals surface area contributed by atoms with E-state index in [9.17, 15) is 13.2 Å². The predicted octanol–water partition coefficient (Wildman–Crippen LogP) is 4.77. The van der Waals surface area contributed by atoms with Gasteiger partial charge in [-0.25, -0.2) is 8.42 Å². The highest BCUT2D eigenvalue weighted by Crippen LogP contribution is 2.11. The fourth-order valence-corrected chi connectivity index (χ4v) is 4.76. The van der Waals surface area contributed by atoms with Gasteiger partial charge in [0.25, 0.3) is 0 Å². The molecule has 0 aliphatic carbocycles. The molecule has 142 valence electrons. The molecule has 0 bridgehead atoms. The van der Waals surface area contributed by atoms with Crippen molar-refractivity contribution in [2.75, 3.05) is 11.5 Å². The van der Waals surface area contributed by atoms with Gasteiger partial charge in [-0.3, -0.25) is 4.79 Å². The highest BCUT2D eigenvalue weighted by molar-refractivity contribution is 7.91. The van der Waals surface area contributed by atoms with E-state index in [0.29, 0.717) is 19.3 Å². The maximum atomic E-state index is 12.1. The minimum atomic E-state index is -2.93. The average molecular weight is 367 g/mol. The van der Waals surface area contributed by atoms with Crippen LogP contribution in [-0.2, 0) is 27.5 Å². The third kappa shape index (κ3) is 10.4. The van der Waals surface area contributed by atoms with Gasteiger partial charge in [0.2, 0.25) is 0 Å². The summed E-state index contributed by atoms with van der Waals surface area (Å²) < 4.78 is 23.6. The van der Waals surface area contributed by atoms with Crippen LogP contribution in [-0.4, -0.2) is 25.7 Å². The topological polar surface area (TPSA) is 51.2 Å². The summed E-state index contributed by atoms with van der Waals surface area (Å²) in [6, 6.07) is 8.36. The van der Waals surface area contributed by atoms with Crippen molar-refractivity contribution in [3.8, 4) is 0 Å². The zero-order valence-electron chi connectivity index (χ0n) is 16.1. The summed E-state index contributed by atoms with van der Waals surface area (Å²) in [5, 5.41) is 0. The van der Waals surface area contributed by atoms with Crippen molar-refractivity contribution in [3.63, 3.8) is 0 Å². The van der Waals surface area contributed by atoms with E-state index in [1.54, 1.807) is 0 Å². The van der Waals surface area contributed by atoms with E-state index in [1.807, 2.05) is 13.8 Å². The molecular formula is C21H34O3S. The number of carbonyl (C=O) groups excluding carboxylic acids is 1. The summed E-state index contributed by atoms with van der Waals surface area (Å²) in [5.74, 6) is 0.935. The lowest BCUT2D eigenvalue weighted by Gasteiger charge is -2.07. The van der Waals surface area contributed by atoms with Gasteiger partial charge in [0.15, 0.2) is 9.84 Å². The van der Waals surface area contributed by atoms with Crippen LogP contribution in [0.5, 0.6) is 0 Å². The maximum Gasteiger partial charge on any atom is 0.150 e. The summed E-state index contributed by atoms with van der Waals surface area (Å²) in [6.07, 6.45) is 6.77. The third-order valence-corrected chi connectivity index (χ3v) is 6.33. The molecule has 1 rings (SSSR count). The van der Waals surface area contributed by atoms with Gasteiger partial charge >= 0.3 is 0 Å². The number of sulfone groups is 1. The number of aryl methyl sites for hydroxylation is 1. The standard InChI is InChI=1S/C21H34O3S/c1-4-5-9-19-11-13-20(14-12-19)16-21(22)10-7-6-8-15-25(23,24)17-18(2)3/h11-14,18H,4-10,15-17H2,1-3H3. The summed E-state index contributed by atoms with van der Waals surface area (Å²) in [5.41, 5.74) is 2.41. The molecular weight excluding hydrogens is 332 g/mol. The minimum Gasteiger partial charge on any atom is -0.299 e. The van der Waals surface area contributed by atoms with Gasteiger partial charge in [-0.05, 0) is 42.7 Å². The van der Waals surface area contributed by atoms with Crippen molar-refractivity contribution in [2.24, 2.45) is 5.92 Å². The van der Waals surface area contributed by atoms with E-state index in [1.165, 1.54) is 18.4 Å². The van der Waals surface area contributed by atoms with E-state index in [4.69, 9.17) is 0 Å². The van der Waals surface area contributed by atoms with Crippen molar-refractivity contribution in [2.45, 2.75) is 72.1 Å². The zero-order valence-corrected chi connectivity index (χ0v) is 16.9. The van der Waals surface area contributed by atoms with Crippen molar-refractivity contribution >= 4 is 15.6 Å². The Morgan fingerprint density at radius 1 is 0.960 bits per heavy atom. The molecule has 0 aromatic heterocycles. The fraction of sp³-hybridized carbons (Fsp3) is 0.667. The summed E-state index contributed by atoms with van der Waals surface area (Å²) in [6.45, 7) is 6.03. The number of Topliss-reactive ketones (excluding diaryl/α,β-unsaturated/α-hetero) is 1. The third-order valence-electron chi connectivity index (χ3n) is 4.24. The van der Waals surface area contributed by atoms with Crippen LogP contribution in [0.1, 0.15) is 70.4 Å². The quantitative estimate of drug-likeness (QED) is 0.472. The minimum absolute atomic E-state index is 0.180. The number of carbonyl (C=O) groups is 1. The molecule has 0 atom stereocenters. The Morgan fingerprint density at radius 2 is 1.60 bits per heavy atom. The SMILES string of the molecule is CCCCc1ccc(CC(=O)CCCCCS(=O)(=O)CC(C)C)cc1.